The molecule has 0 aliphatic carbocycles. The summed E-state index contributed by atoms with van der Waals surface area (Å²) in [5.41, 5.74) is 0. The Labute approximate surface area is 72.5 Å². The standard InChI is InChI=1S/C6H16NO4P/c1-5(2)7(6(3)4)11-12(8,9)10/h5-6H,1-4H3,(H2,8,9,10)/p-2. The van der Waals surface area contributed by atoms with Crippen molar-refractivity contribution < 1.29 is 19.0 Å². The Hall–Kier alpha value is 0.0700. The average molecular weight is 195 g/mol. The maximum absolute atomic E-state index is 10.3. The Balaban J connectivity index is 4.25. The first-order valence-electron chi connectivity index (χ1n) is 3.74. The monoisotopic (exact) mass is 195 g/mol. The molecule has 0 radical (unpaired) electrons. The first-order chi connectivity index (χ1) is 5.24. The molecule has 0 aliphatic heterocycles. The van der Waals surface area contributed by atoms with E-state index in [0.717, 1.165) is 5.06 Å². The van der Waals surface area contributed by atoms with E-state index in [9.17, 15) is 14.4 Å². The van der Waals surface area contributed by atoms with Crippen molar-refractivity contribution in [3.05, 3.63) is 0 Å². The van der Waals surface area contributed by atoms with Crippen molar-refractivity contribution in [1.82, 2.24) is 5.06 Å². The van der Waals surface area contributed by atoms with Crippen molar-refractivity contribution >= 4 is 7.82 Å². The molecule has 0 aliphatic rings. The summed E-state index contributed by atoms with van der Waals surface area (Å²) in [6.07, 6.45) is 0. The molecule has 0 amide bonds. The molecule has 0 aromatic heterocycles. The van der Waals surface area contributed by atoms with Gasteiger partial charge in [0, 0.05) is 12.1 Å². The molecule has 0 heterocycles. The maximum atomic E-state index is 10.3. The van der Waals surface area contributed by atoms with E-state index < -0.39 is 7.82 Å². The molecule has 0 fully saturated rings. The smallest absolute Gasteiger partial charge is 0.0846 e. The molecule has 0 rings (SSSR count). The van der Waals surface area contributed by atoms with Crippen LogP contribution in [0.3, 0.4) is 0 Å². The summed E-state index contributed by atoms with van der Waals surface area (Å²) in [6, 6.07) is -0.276. The molecular formula is C6H14NO4P-2. The van der Waals surface area contributed by atoms with Crippen molar-refractivity contribution in [3.8, 4) is 0 Å². The van der Waals surface area contributed by atoms with Crippen LogP contribution in [-0.4, -0.2) is 17.1 Å². The molecule has 0 saturated heterocycles. The van der Waals surface area contributed by atoms with E-state index >= 15 is 0 Å². The lowest BCUT2D eigenvalue weighted by Crippen LogP contribution is -2.39. The van der Waals surface area contributed by atoms with Crippen LogP contribution in [0.4, 0.5) is 0 Å². The van der Waals surface area contributed by atoms with Crippen molar-refractivity contribution in [2.45, 2.75) is 39.8 Å². The summed E-state index contributed by atoms with van der Waals surface area (Å²) in [5, 5.41) is 1.15. The minimum atomic E-state index is -4.90. The lowest BCUT2D eigenvalue weighted by molar-refractivity contribution is -0.366. The maximum Gasteiger partial charge on any atom is 0.0846 e. The number of rotatable bonds is 4. The number of hydrogen-bond donors (Lipinski definition) is 0. The number of phosphoric acid groups is 1. The summed E-state index contributed by atoms with van der Waals surface area (Å²) in [7, 11) is -4.90. The van der Waals surface area contributed by atoms with Crippen LogP contribution in [0, 0.1) is 0 Å². The zero-order valence-electron chi connectivity index (χ0n) is 7.68. The molecule has 74 valence electrons. The fourth-order valence-electron chi connectivity index (χ4n) is 0.900. The van der Waals surface area contributed by atoms with Crippen LogP contribution in [0.5, 0.6) is 0 Å². The third kappa shape index (κ3) is 4.85. The van der Waals surface area contributed by atoms with Gasteiger partial charge in [-0.05, 0) is 27.7 Å². The van der Waals surface area contributed by atoms with E-state index in [2.05, 4.69) is 4.62 Å². The molecule has 0 aromatic carbocycles. The summed E-state index contributed by atoms with van der Waals surface area (Å²) in [6.45, 7) is 6.98. The first-order valence-corrected chi connectivity index (χ1v) is 5.20. The Bertz CT molecular complexity index is 168. The molecule has 0 saturated carbocycles. The molecule has 0 spiro atoms. The van der Waals surface area contributed by atoms with E-state index in [0.29, 0.717) is 0 Å². The Morgan fingerprint density at radius 1 is 1.17 bits per heavy atom. The van der Waals surface area contributed by atoms with Gasteiger partial charge >= 0.3 is 0 Å². The molecule has 0 N–H and O–H groups in total. The molecule has 0 unspecified atom stereocenters. The van der Waals surface area contributed by atoms with Crippen LogP contribution in [-0.2, 0) is 9.19 Å². The van der Waals surface area contributed by atoms with Gasteiger partial charge in [-0.3, -0.25) is 4.62 Å². The van der Waals surface area contributed by atoms with E-state index in [-0.39, 0.29) is 12.1 Å². The second kappa shape index (κ2) is 4.35. The minimum absolute atomic E-state index is 0.138. The first kappa shape index (κ1) is 12.1. The van der Waals surface area contributed by atoms with Gasteiger partial charge in [0.15, 0.2) is 0 Å². The lowest BCUT2D eigenvalue weighted by atomic mass is 10.3. The van der Waals surface area contributed by atoms with E-state index in [1.54, 1.807) is 27.7 Å². The molecule has 6 heteroatoms. The van der Waals surface area contributed by atoms with Gasteiger partial charge in [-0.25, -0.2) is 0 Å². The summed E-state index contributed by atoms with van der Waals surface area (Å²) in [5.74, 6) is 0. The second-order valence-electron chi connectivity index (χ2n) is 3.08. The normalized spacial score (nSPS) is 13.4. The SMILES string of the molecule is CC(C)N(OP(=O)([O-])[O-])C(C)C. The Morgan fingerprint density at radius 2 is 1.50 bits per heavy atom. The van der Waals surface area contributed by atoms with E-state index in [1.807, 2.05) is 0 Å². The van der Waals surface area contributed by atoms with Crippen LogP contribution in [0.2, 0.25) is 0 Å². The van der Waals surface area contributed by atoms with Crippen LogP contribution in [0.25, 0.3) is 0 Å². The van der Waals surface area contributed by atoms with Crippen LogP contribution in [0.1, 0.15) is 27.7 Å². The molecular weight excluding hydrogens is 181 g/mol. The molecule has 0 atom stereocenters. The number of hydrogen-bond acceptors (Lipinski definition) is 5. The Kier molecular flexibility index (Phi) is 4.37. The van der Waals surface area contributed by atoms with Gasteiger partial charge in [0.2, 0.25) is 0 Å². The van der Waals surface area contributed by atoms with Gasteiger partial charge in [0.05, 0.1) is 7.82 Å². The van der Waals surface area contributed by atoms with Crippen LogP contribution < -0.4 is 9.79 Å². The van der Waals surface area contributed by atoms with Gasteiger partial charge < -0.3 is 14.4 Å². The fourth-order valence-corrected chi connectivity index (χ4v) is 1.51. The second-order valence-corrected chi connectivity index (χ2v) is 4.13. The summed E-state index contributed by atoms with van der Waals surface area (Å²) in [4.78, 5) is 20.5. The van der Waals surface area contributed by atoms with Crippen molar-refractivity contribution in [1.29, 1.82) is 0 Å². The third-order valence-corrected chi connectivity index (χ3v) is 1.60. The van der Waals surface area contributed by atoms with E-state index in [4.69, 9.17) is 0 Å². The lowest BCUT2D eigenvalue weighted by Gasteiger charge is -2.38. The summed E-state index contributed by atoms with van der Waals surface area (Å²) >= 11 is 0. The number of nitrogens with zero attached hydrogens (tertiary/aromatic N) is 1. The average Bonchev–Trinajstić information content (AvgIpc) is 1.79. The predicted octanol–water partition coefficient (Wildman–Crippen LogP) is -0.135. The third-order valence-electron chi connectivity index (χ3n) is 1.21. The highest BCUT2D eigenvalue weighted by Gasteiger charge is 2.15. The van der Waals surface area contributed by atoms with Crippen LogP contribution in [0.15, 0.2) is 0 Å². The molecule has 12 heavy (non-hydrogen) atoms. The molecule has 0 bridgehead atoms. The van der Waals surface area contributed by atoms with Gasteiger partial charge in [0.25, 0.3) is 0 Å². The predicted molar refractivity (Wildman–Crippen MR) is 40.8 cm³/mol. The topological polar surface area (TPSA) is 75.7 Å². The van der Waals surface area contributed by atoms with Gasteiger partial charge in [-0.2, -0.15) is 5.06 Å². The Morgan fingerprint density at radius 3 is 1.58 bits per heavy atom. The highest BCUT2D eigenvalue weighted by Crippen LogP contribution is 2.28. The number of hydroxylamine groups is 2. The van der Waals surface area contributed by atoms with Crippen molar-refractivity contribution in [2.75, 3.05) is 0 Å². The fraction of sp³-hybridized carbons (Fsp3) is 1.00. The van der Waals surface area contributed by atoms with E-state index in [1.165, 1.54) is 0 Å². The van der Waals surface area contributed by atoms with Gasteiger partial charge in [0.1, 0.15) is 0 Å². The molecule has 5 nitrogen and oxygen atoms in total. The highest BCUT2D eigenvalue weighted by molar-refractivity contribution is 7.43. The molecule has 0 aromatic rings. The zero-order valence-corrected chi connectivity index (χ0v) is 8.58. The van der Waals surface area contributed by atoms with Crippen LogP contribution >= 0.6 is 7.82 Å². The minimum Gasteiger partial charge on any atom is -0.788 e. The van der Waals surface area contributed by atoms with Crippen molar-refractivity contribution in [2.24, 2.45) is 0 Å². The summed E-state index contributed by atoms with van der Waals surface area (Å²) < 4.78 is 14.5. The largest absolute Gasteiger partial charge is 0.788 e. The van der Waals surface area contributed by atoms with Crippen molar-refractivity contribution in [3.63, 3.8) is 0 Å². The quantitative estimate of drug-likeness (QED) is 0.461. The zero-order chi connectivity index (χ0) is 9.94. The van der Waals surface area contributed by atoms with Gasteiger partial charge in [-0.1, -0.05) is 0 Å². The van der Waals surface area contributed by atoms with Gasteiger partial charge in [-0.15, -0.1) is 0 Å². The highest BCUT2D eigenvalue weighted by atomic mass is 31.2.